The van der Waals surface area contributed by atoms with Gasteiger partial charge in [0.2, 0.25) is 0 Å². The molecule has 0 saturated heterocycles. The van der Waals surface area contributed by atoms with Gasteiger partial charge in [0.05, 0.1) is 0 Å². The summed E-state index contributed by atoms with van der Waals surface area (Å²) in [5.41, 5.74) is 4.10. The molecule has 1 atom stereocenters. The number of hydrogen-bond donors (Lipinski definition) is 1. The molecular formula is C21H26N2. The van der Waals surface area contributed by atoms with Crippen LogP contribution >= 0.6 is 0 Å². The highest BCUT2D eigenvalue weighted by Gasteiger charge is 2.12. The third-order valence-electron chi connectivity index (χ3n) is 4.53. The molecule has 0 aliphatic rings. The van der Waals surface area contributed by atoms with Crippen LogP contribution in [0.2, 0.25) is 0 Å². The van der Waals surface area contributed by atoms with E-state index in [1.165, 1.54) is 28.5 Å². The number of hydrogen-bond acceptors (Lipinski definition) is 1. The summed E-state index contributed by atoms with van der Waals surface area (Å²) in [6, 6.07) is 19.9. The van der Waals surface area contributed by atoms with E-state index in [1.807, 2.05) is 0 Å². The third kappa shape index (κ3) is 3.48. The Morgan fingerprint density at radius 3 is 2.43 bits per heavy atom. The van der Waals surface area contributed by atoms with Gasteiger partial charge in [-0.05, 0) is 30.5 Å². The van der Waals surface area contributed by atoms with Crippen molar-refractivity contribution in [3.63, 3.8) is 0 Å². The van der Waals surface area contributed by atoms with Crippen molar-refractivity contribution in [2.75, 3.05) is 0 Å². The summed E-state index contributed by atoms with van der Waals surface area (Å²) < 4.78 is 2.34. The summed E-state index contributed by atoms with van der Waals surface area (Å²) in [5.74, 6) is 0. The maximum atomic E-state index is 3.77. The van der Waals surface area contributed by atoms with Crippen LogP contribution in [0.15, 0.2) is 60.8 Å². The predicted molar refractivity (Wildman–Crippen MR) is 98.5 cm³/mol. The molecule has 2 aromatic carbocycles. The second-order valence-electron chi connectivity index (χ2n) is 6.09. The molecule has 3 rings (SSSR count). The van der Waals surface area contributed by atoms with Crippen LogP contribution < -0.4 is 5.32 Å². The van der Waals surface area contributed by atoms with E-state index in [4.69, 9.17) is 0 Å². The fourth-order valence-electron chi connectivity index (χ4n) is 3.32. The minimum Gasteiger partial charge on any atom is -0.347 e. The van der Waals surface area contributed by atoms with E-state index in [9.17, 15) is 0 Å². The molecule has 0 fully saturated rings. The Morgan fingerprint density at radius 1 is 0.957 bits per heavy atom. The first-order chi connectivity index (χ1) is 11.3. The third-order valence-corrected chi connectivity index (χ3v) is 4.53. The molecule has 0 aliphatic carbocycles. The quantitative estimate of drug-likeness (QED) is 0.627. The van der Waals surface area contributed by atoms with Crippen LogP contribution in [0.1, 0.15) is 43.9 Å². The average molecular weight is 306 g/mol. The Morgan fingerprint density at radius 2 is 1.70 bits per heavy atom. The highest BCUT2D eigenvalue weighted by Crippen LogP contribution is 2.23. The van der Waals surface area contributed by atoms with Gasteiger partial charge in [0.25, 0.3) is 0 Å². The van der Waals surface area contributed by atoms with Gasteiger partial charge in [0.1, 0.15) is 0 Å². The topological polar surface area (TPSA) is 17.0 Å². The fraction of sp³-hybridized carbons (Fsp3) is 0.333. The fourth-order valence-corrected chi connectivity index (χ4v) is 3.32. The van der Waals surface area contributed by atoms with Crippen molar-refractivity contribution in [1.29, 1.82) is 0 Å². The van der Waals surface area contributed by atoms with Gasteiger partial charge < -0.3 is 9.88 Å². The summed E-state index contributed by atoms with van der Waals surface area (Å²) in [4.78, 5) is 0. The molecule has 1 N–H and O–H groups in total. The molecule has 2 heteroatoms. The van der Waals surface area contributed by atoms with Crippen LogP contribution in [0, 0.1) is 0 Å². The molecule has 0 amide bonds. The van der Waals surface area contributed by atoms with E-state index in [0.29, 0.717) is 6.04 Å². The lowest BCUT2D eigenvalue weighted by Crippen LogP contribution is -2.20. The Hall–Kier alpha value is -2.06. The van der Waals surface area contributed by atoms with Crippen LogP contribution in [-0.4, -0.2) is 4.57 Å². The van der Waals surface area contributed by atoms with Crippen molar-refractivity contribution in [1.82, 2.24) is 9.88 Å². The van der Waals surface area contributed by atoms with Crippen LogP contribution in [0.25, 0.3) is 10.9 Å². The second kappa shape index (κ2) is 7.47. The normalized spacial score (nSPS) is 12.6. The smallest absolute Gasteiger partial charge is 0.0483 e. The van der Waals surface area contributed by atoms with E-state index >= 15 is 0 Å². The average Bonchev–Trinajstić information content (AvgIpc) is 2.97. The molecule has 3 aromatic rings. The number of benzene rings is 2. The number of rotatable bonds is 7. The minimum atomic E-state index is 0.421. The van der Waals surface area contributed by atoms with Crippen molar-refractivity contribution >= 4 is 10.9 Å². The lowest BCUT2D eigenvalue weighted by atomic mass is 10.0. The van der Waals surface area contributed by atoms with Gasteiger partial charge in [0, 0.05) is 36.2 Å². The van der Waals surface area contributed by atoms with E-state index < -0.39 is 0 Å². The standard InChI is InChI=1S/C21H26N2/c1-3-10-20(17-11-6-5-7-12-17)22-15-18-16-23(4-2)21-14-9-8-13-19(18)21/h5-9,11-14,16,20,22H,3-4,10,15H2,1-2H3/t20-/m0/s1. The molecule has 23 heavy (non-hydrogen) atoms. The van der Waals surface area contributed by atoms with Crippen molar-refractivity contribution < 1.29 is 0 Å². The first kappa shape index (κ1) is 15.8. The Bertz CT molecular complexity index is 743. The molecule has 1 heterocycles. The lowest BCUT2D eigenvalue weighted by molar-refractivity contribution is 0.494. The van der Waals surface area contributed by atoms with Crippen LogP contribution in [0.5, 0.6) is 0 Å². The number of para-hydroxylation sites is 1. The molecule has 0 aliphatic heterocycles. The molecule has 1 aromatic heterocycles. The summed E-state index contributed by atoms with van der Waals surface area (Å²) in [7, 11) is 0. The maximum Gasteiger partial charge on any atom is 0.0483 e. The van der Waals surface area contributed by atoms with Crippen LogP contribution in [0.3, 0.4) is 0 Å². The zero-order chi connectivity index (χ0) is 16.1. The number of aryl methyl sites for hydroxylation is 1. The highest BCUT2D eigenvalue weighted by atomic mass is 15.0. The molecule has 0 unspecified atom stereocenters. The van der Waals surface area contributed by atoms with Crippen molar-refractivity contribution in [3.05, 3.63) is 71.9 Å². The number of nitrogens with zero attached hydrogens (tertiary/aromatic N) is 1. The van der Waals surface area contributed by atoms with E-state index in [1.54, 1.807) is 0 Å². The molecule has 0 radical (unpaired) electrons. The maximum absolute atomic E-state index is 3.77. The highest BCUT2D eigenvalue weighted by molar-refractivity contribution is 5.83. The van der Waals surface area contributed by atoms with Gasteiger partial charge in [-0.15, -0.1) is 0 Å². The Kier molecular flexibility index (Phi) is 5.14. The summed E-state index contributed by atoms with van der Waals surface area (Å²) >= 11 is 0. The monoisotopic (exact) mass is 306 g/mol. The van der Waals surface area contributed by atoms with Gasteiger partial charge >= 0.3 is 0 Å². The SMILES string of the molecule is CCC[C@H](NCc1cn(CC)c2ccccc12)c1ccccc1. The van der Waals surface area contributed by atoms with Crippen LogP contribution in [-0.2, 0) is 13.1 Å². The summed E-state index contributed by atoms with van der Waals surface area (Å²) in [6.45, 7) is 6.37. The van der Waals surface area contributed by atoms with E-state index in [2.05, 4.69) is 84.5 Å². The second-order valence-corrected chi connectivity index (χ2v) is 6.09. The molecular weight excluding hydrogens is 280 g/mol. The van der Waals surface area contributed by atoms with Gasteiger partial charge in [0.15, 0.2) is 0 Å². The first-order valence-corrected chi connectivity index (χ1v) is 8.68. The largest absolute Gasteiger partial charge is 0.347 e. The molecule has 120 valence electrons. The molecule has 0 spiro atoms. The van der Waals surface area contributed by atoms with Gasteiger partial charge in [-0.25, -0.2) is 0 Å². The number of nitrogens with one attached hydrogen (secondary N) is 1. The number of aromatic nitrogens is 1. The van der Waals surface area contributed by atoms with Gasteiger partial charge in [-0.2, -0.15) is 0 Å². The summed E-state index contributed by atoms with van der Waals surface area (Å²) in [6.07, 6.45) is 4.64. The lowest BCUT2D eigenvalue weighted by Gasteiger charge is -2.18. The predicted octanol–water partition coefficient (Wildman–Crippen LogP) is 5.29. The Balaban J connectivity index is 1.81. The van der Waals surface area contributed by atoms with E-state index in [0.717, 1.165) is 19.5 Å². The zero-order valence-corrected chi connectivity index (χ0v) is 14.1. The molecule has 2 nitrogen and oxygen atoms in total. The van der Waals surface area contributed by atoms with Crippen LogP contribution in [0.4, 0.5) is 0 Å². The number of fused-ring (bicyclic) bond motifs is 1. The molecule has 0 bridgehead atoms. The minimum absolute atomic E-state index is 0.421. The Labute approximate surface area is 139 Å². The summed E-state index contributed by atoms with van der Waals surface area (Å²) in [5, 5.41) is 5.14. The van der Waals surface area contributed by atoms with Crippen molar-refractivity contribution in [2.45, 2.75) is 45.8 Å². The molecule has 0 saturated carbocycles. The van der Waals surface area contributed by atoms with E-state index in [-0.39, 0.29) is 0 Å². The zero-order valence-electron chi connectivity index (χ0n) is 14.1. The first-order valence-electron chi connectivity index (χ1n) is 8.68. The van der Waals surface area contributed by atoms with Crippen molar-refractivity contribution in [3.8, 4) is 0 Å². The van der Waals surface area contributed by atoms with Gasteiger partial charge in [-0.3, -0.25) is 0 Å². The van der Waals surface area contributed by atoms with Gasteiger partial charge in [-0.1, -0.05) is 61.9 Å². The van der Waals surface area contributed by atoms with Crippen molar-refractivity contribution in [2.24, 2.45) is 0 Å².